The number of hydrogen-bond donors (Lipinski definition) is 0. The van der Waals surface area contributed by atoms with Crippen molar-refractivity contribution < 1.29 is 9.72 Å². The lowest BCUT2D eigenvalue weighted by atomic mass is 10.1. The van der Waals surface area contributed by atoms with Gasteiger partial charge in [0.15, 0.2) is 5.78 Å². The number of ketones is 1. The molecule has 0 fully saturated rings. The maximum atomic E-state index is 11.1. The van der Waals surface area contributed by atoms with Gasteiger partial charge in [0, 0.05) is 11.6 Å². The number of carbonyl (C=O) groups excluding carboxylic acids is 1. The van der Waals surface area contributed by atoms with Gasteiger partial charge in [-0.15, -0.1) is 0 Å². The average molecular weight is 214 g/mol. The molecule has 0 aliphatic rings. The quantitative estimate of drug-likeness (QED) is 0.431. The predicted octanol–water partition coefficient (Wildman–Crippen LogP) is 2.76. The molecule has 0 aliphatic heterocycles. The first-order valence-electron chi connectivity index (χ1n) is 3.89. The van der Waals surface area contributed by atoms with E-state index in [1.165, 1.54) is 19.1 Å². The van der Waals surface area contributed by atoms with E-state index in [2.05, 4.69) is 0 Å². The highest BCUT2D eigenvalue weighted by Crippen LogP contribution is 2.29. The van der Waals surface area contributed by atoms with Crippen molar-refractivity contribution >= 4 is 23.1 Å². The van der Waals surface area contributed by atoms with Gasteiger partial charge in [0.25, 0.3) is 5.69 Å². The lowest BCUT2D eigenvalue weighted by molar-refractivity contribution is -0.384. The van der Waals surface area contributed by atoms with Gasteiger partial charge in [0.05, 0.1) is 4.92 Å². The lowest BCUT2D eigenvalue weighted by Gasteiger charge is -2.02. The smallest absolute Gasteiger partial charge is 0.288 e. The van der Waals surface area contributed by atoms with Crippen molar-refractivity contribution in [1.29, 1.82) is 0 Å². The Labute approximate surface area is 85.6 Å². The summed E-state index contributed by atoms with van der Waals surface area (Å²) in [5.74, 6) is -0.276. The maximum absolute atomic E-state index is 11.1. The summed E-state index contributed by atoms with van der Waals surface area (Å²) in [6.07, 6.45) is 0. The molecule has 14 heavy (non-hydrogen) atoms. The molecule has 0 unspecified atom stereocenters. The molecule has 5 heteroatoms. The Morgan fingerprint density at radius 2 is 2.07 bits per heavy atom. The zero-order chi connectivity index (χ0) is 10.9. The van der Waals surface area contributed by atoms with Gasteiger partial charge in [-0.05, 0) is 25.5 Å². The Kier molecular flexibility index (Phi) is 2.86. The third-order valence-corrected chi connectivity index (χ3v) is 2.17. The SMILES string of the molecule is CC(=O)c1cc(C)cc([N+](=O)[O-])c1Cl. The molecule has 0 saturated carbocycles. The summed E-state index contributed by atoms with van der Waals surface area (Å²) >= 11 is 5.71. The van der Waals surface area contributed by atoms with Crippen LogP contribution in [0.4, 0.5) is 5.69 Å². The van der Waals surface area contributed by atoms with Gasteiger partial charge in [-0.3, -0.25) is 14.9 Å². The van der Waals surface area contributed by atoms with Gasteiger partial charge in [-0.25, -0.2) is 0 Å². The first kappa shape index (κ1) is 10.7. The Hall–Kier alpha value is -1.42. The monoisotopic (exact) mass is 213 g/mol. The number of nitrogens with zero attached hydrogens (tertiary/aromatic N) is 1. The van der Waals surface area contributed by atoms with Crippen LogP contribution >= 0.6 is 11.6 Å². The molecule has 4 nitrogen and oxygen atoms in total. The largest absolute Gasteiger partial charge is 0.294 e. The van der Waals surface area contributed by atoms with Crippen LogP contribution in [0.25, 0.3) is 0 Å². The first-order valence-corrected chi connectivity index (χ1v) is 4.26. The van der Waals surface area contributed by atoms with Crippen molar-refractivity contribution in [1.82, 2.24) is 0 Å². The highest BCUT2D eigenvalue weighted by Gasteiger charge is 2.18. The molecular formula is C9H8ClNO3. The normalized spacial score (nSPS) is 9.93. The van der Waals surface area contributed by atoms with Crippen LogP contribution in [-0.2, 0) is 0 Å². The molecule has 0 N–H and O–H groups in total. The molecule has 0 atom stereocenters. The molecule has 0 bridgehead atoms. The molecule has 0 heterocycles. The topological polar surface area (TPSA) is 60.2 Å². The van der Waals surface area contributed by atoms with E-state index in [9.17, 15) is 14.9 Å². The van der Waals surface area contributed by atoms with E-state index in [1.54, 1.807) is 6.92 Å². The molecule has 0 aliphatic carbocycles. The van der Waals surface area contributed by atoms with Crippen molar-refractivity contribution in [2.75, 3.05) is 0 Å². The van der Waals surface area contributed by atoms with Gasteiger partial charge >= 0.3 is 0 Å². The van der Waals surface area contributed by atoms with E-state index >= 15 is 0 Å². The number of nitro groups is 1. The van der Waals surface area contributed by atoms with E-state index < -0.39 is 4.92 Å². The minimum atomic E-state index is -0.595. The van der Waals surface area contributed by atoms with Crippen LogP contribution in [0.1, 0.15) is 22.8 Å². The zero-order valence-electron chi connectivity index (χ0n) is 7.70. The van der Waals surface area contributed by atoms with Crippen LogP contribution in [0.15, 0.2) is 12.1 Å². The van der Waals surface area contributed by atoms with Crippen LogP contribution in [0, 0.1) is 17.0 Å². The molecule has 1 rings (SSSR count). The van der Waals surface area contributed by atoms with Crippen molar-refractivity contribution in [2.45, 2.75) is 13.8 Å². The van der Waals surface area contributed by atoms with Gasteiger partial charge < -0.3 is 0 Å². The summed E-state index contributed by atoms with van der Waals surface area (Å²) < 4.78 is 0. The summed E-state index contributed by atoms with van der Waals surface area (Å²) in [5.41, 5.74) is 0.613. The second-order valence-electron chi connectivity index (χ2n) is 2.96. The molecule has 0 saturated heterocycles. The number of carbonyl (C=O) groups is 1. The second kappa shape index (κ2) is 3.75. The van der Waals surface area contributed by atoms with Crippen LogP contribution in [0.5, 0.6) is 0 Å². The van der Waals surface area contributed by atoms with E-state index in [1.807, 2.05) is 0 Å². The predicted molar refractivity (Wildman–Crippen MR) is 52.8 cm³/mol. The fourth-order valence-corrected chi connectivity index (χ4v) is 1.45. The number of halogens is 1. The van der Waals surface area contributed by atoms with Crippen molar-refractivity contribution in [3.63, 3.8) is 0 Å². The minimum absolute atomic E-state index is 0.0897. The molecule has 0 radical (unpaired) electrons. The Morgan fingerprint density at radius 3 is 2.50 bits per heavy atom. The molecular weight excluding hydrogens is 206 g/mol. The number of rotatable bonds is 2. The van der Waals surface area contributed by atoms with Crippen molar-refractivity contribution in [2.24, 2.45) is 0 Å². The van der Waals surface area contributed by atoms with E-state index in [4.69, 9.17) is 11.6 Å². The van der Waals surface area contributed by atoms with Crippen LogP contribution in [0.2, 0.25) is 5.02 Å². The van der Waals surface area contributed by atoms with E-state index in [0.29, 0.717) is 5.56 Å². The molecule has 0 spiro atoms. The summed E-state index contributed by atoms with van der Waals surface area (Å²) in [6, 6.07) is 2.88. The van der Waals surface area contributed by atoms with Crippen molar-refractivity contribution in [3.8, 4) is 0 Å². The lowest BCUT2D eigenvalue weighted by Crippen LogP contribution is -1.98. The van der Waals surface area contributed by atoms with Crippen molar-refractivity contribution in [3.05, 3.63) is 38.4 Å². The van der Waals surface area contributed by atoms with Gasteiger partial charge in [0.2, 0.25) is 0 Å². The Balaban J connectivity index is 3.47. The number of benzene rings is 1. The number of hydrogen-bond acceptors (Lipinski definition) is 3. The van der Waals surface area contributed by atoms with Crippen LogP contribution in [0.3, 0.4) is 0 Å². The fraction of sp³-hybridized carbons (Fsp3) is 0.222. The zero-order valence-corrected chi connectivity index (χ0v) is 8.46. The van der Waals surface area contributed by atoms with Gasteiger partial charge in [-0.1, -0.05) is 11.6 Å². The Bertz CT molecular complexity index is 380. The van der Waals surface area contributed by atoms with Crippen LogP contribution < -0.4 is 0 Å². The summed E-state index contributed by atoms with van der Waals surface area (Å²) in [6.45, 7) is 3.00. The summed E-state index contributed by atoms with van der Waals surface area (Å²) in [4.78, 5) is 21.0. The standard InChI is InChI=1S/C9H8ClNO3/c1-5-3-7(6(2)12)9(10)8(4-5)11(13)14/h3-4H,1-2H3. The minimum Gasteiger partial charge on any atom is -0.294 e. The summed E-state index contributed by atoms with van der Waals surface area (Å²) in [5, 5.41) is 10.5. The molecule has 74 valence electrons. The van der Waals surface area contributed by atoms with E-state index in [0.717, 1.165) is 0 Å². The van der Waals surface area contributed by atoms with Gasteiger partial charge in [-0.2, -0.15) is 0 Å². The van der Waals surface area contributed by atoms with Crippen LogP contribution in [-0.4, -0.2) is 10.7 Å². The molecule has 1 aromatic rings. The highest BCUT2D eigenvalue weighted by molar-refractivity contribution is 6.35. The molecule has 0 aromatic heterocycles. The average Bonchev–Trinajstić information content (AvgIpc) is 2.07. The molecule has 1 aromatic carbocycles. The first-order chi connectivity index (χ1) is 6.43. The maximum Gasteiger partial charge on any atom is 0.288 e. The highest BCUT2D eigenvalue weighted by atomic mass is 35.5. The number of nitro benzene ring substituents is 1. The second-order valence-corrected chi connectivity index (χ2v) is 3.34. The number of aryl methyl sites for hydroxylation is 1. The van der Waals surface area contributed by atoms with E-state index in [-0.39, 0.29) is 22.1 Å². The third-order valence-electron chi connectivity index (χ3n) is 1.77. The number of Topliss-reactive ketones (excluding diaryl/α,β-unsaturated/α-hetero) is 1. The van der Waals surface area contributed by atoms with Gasteiger partial charge in [0.1, 0.15) is 5.02 Å². The third kappa shape index (κ3) is 1.90. The fourth-order valence-electron chi connectivity index (χ4n) is 1.14. The Morgan fingerprint density at radius 1 is 1.50 bits per heavy atom. The summed E-state index contributed by atoms with van der Waals surface area (Å²) in [7, 11) is 0. The molecule has 0 amide bonds.